The molecular weight excluding hydrogens is 825 g/mol. The van der Waals surface area contributed by atoms with Crippen molar-refractivity contribution in [2.75, 3.05) is 0 Å². The van der Waals surface area contributed by atoms with Crippen LogP contribution in [0.2, 0.25) is 10.0 Å². The van der Waals surface area contributed by atoms with Gasteiger partial charge >= 0.3 is 14.5 Å². The summed E-state index contributed by atoms with van der Waals surface area (Å²) in [4.78, 5) is 13.9. The summed E-state index contributed by atoms with van der Waals surface area (Å²) >= 11 is 12.8. The molecule has 12 nitrogen and oxygen atoms in total. The molecule has 2 aliphatic heterocycles. The Balaban J connectivity index is 1.33. The SMILES string of the molecule is [C-]#[N+]/C(c1nc2ccc(Cl)cc2o1)=c1\c2c(C3CC3)n(B3Oc4ccccc4O3)/c(=C(/C#N)c3nc4ccc(Cl)cc4o3)c2c(-c2ccccc2C)n1B1Oc2ccccc2O1. The first-order chi connectivity index (χ1) is 30.4. The molecule has 1 fully saturated rings. The van der Waals surface area contributed by atoms with Gasteiger partial charge in [0.15, 0.2) is 11.2 Å². The lowest BCUT2D eigenvalue weighted by molar-refractivity contribution is 0.475. The van der Waals surface area contributed by atoms with Crippen molar-refractivity contribution >= 4 is 82.0 Å². The Bertz CT molecular complexity index is 3460. The largest absolute Gasteiger partial charge is 0.743 e. The summed E-state index contributed by atoms with van der Waals surface area (Å²) in [6.07, 6.45) is 1.62. The van der Waals surface area contributed by atoms with Crippen LogP contribution < -0.4 is 29.3 Å². The monoisotopic (exact) mass is 850 g/mol. The van der Waals surface area contributed by atoms with E-state index in [9.17, 15) is 5.26 Å². The van der Waals surface area contributed by atoms with Crippen LogP contribution in [0.25, 0.3) is 60.3 Å². The zero-order chi connectivity index (χ0) is 41.8. The highest BCUT2D eigenvalue weighted by Gasteiger charge is 2.47. The van der Waals surface area contributed by atoms with Crippen LogP contribution in [-0.2, 0) is 0 Å². The maximum absolute atomic E-state index is 11.5. The van der Waals surface area contributed by atoms with E-state index >= 15 is 0 Å². The van der Waals surface area contributed by atoms with Gasteiger partial charge < -0.3 is 36.4 Å². The Hall–Kier alpha value is -7.51. The third kappa shape index (κ3) is 5.54. The second-order valence-corrected chi connectivity index (χ2v) is 16.1. The van der Waals surface area contributed by atoms with Gasteiger partial charge in [-0.05, 0) is 79.8 Å². The van der Waals surface area contributed by atoms with Crippen LogP contribution in [0, 0.1) is 24.8 Å². The van der Waals surface area contributed by atoms with Crippen LogP contribution in [0.4, 0.5) is 0 Å². The Morgan fingerprint density at radius 2 is 1.24 bits per heavy atom. The molecule has 0 radical (unpaired) electrons. The fourth-order valence-corrected chi connectivity index (χ4v) is 8.92. The lowest BCUT2D eigenvalue weighted by Crippen LogP contribution is -2.45. The van der Waals surface area contributed by atoms with Crippen molar-refractivity contribution in [3.63, 3.8) is 0 Å². The number of benzene rings is 5. The third-order valence-electron chi connectivity index (χ3n) is 11.4. The van der Waals surface area contributed by atoms with Crippen molar-refractivity contribution in [1.29, 1.82) is 5.26 Å². The van der Waals surface area contributed by atoms with Gasteiger partial charge in [-0.15, -0.1) is 0 Å². The van der Waals surface area contributed by atoms with Gasteiger partial charge in [0.25, 0.3) is 5.70 Å². The van der Waals surface area contributed by atoms with Gasteiger partial charge in [-0.2, -0.15) is 5.26 Å². The molecule has 4 aromatic heterocycles. The highest BCUT2D eigenvalue weighted by Crippen LogP contribution is 2.47. The molecule has 0 amide bonds. The smallest absolute Gasteiger partial charge is 0.503 e. The van der Waals surface area contributed by atoms with E-state index in [0.717, 1.165) is 29.7 Å². The Morgan fingerprint density at radius 3 is 1.79 bits per heavy atom. The van der Waals surface area contributed by atoms with Crippen molar-refractivity contribution in [3.05, 3.63) is 164 Å². The van der Waals surface area contributed by atoms with Crippen molar-refractivity contribution in [3.8, 4) is 40.3 Å². The van der Waals surface area contributed by atoms with E-state index in [1.165, 1.54) is 0 Å². The zero-order valence-electron chi connectivity index (χ0n) is 32.4. The first-order valence-corrected chi connectivity index (χ1v) is 20.5. The lowest BCUT2D eigenvalue weighted by atomic mass is 9.99. The summed E-state index contributed by atoms with van der Waals surface area (Å²) in [6, 6.07) is 35.5. The number of rotatable bonds is 6. The van der Waals surface area contributed by atoms with Gasteiger partial charge in [0.05, 0.1) is 23.0 Å². The highest BCUT2D eigenvalue weighted by atomic mass is 35.5. The maximum Gasteiger partial charge on any atom is 0.743 e. The molecule has 9 aromatic rings. The van der Waals surface area contributed by atoms with Crippen LogP contribution in [-0.4, -0.2) is 33.4 Å². The number of fused-ring (bicyclic) bond motifs is 5. The number of nitrogens with zero attached hydrogens (tertiary/aromatic N) is 6. The number of para-hydroxylation sites is 4. The number of aryl methyl sites for hydroxylation is 1. The summed E-state index contributed by atoms with van der Waals surface area (Å²) < 4.78 is 43.3. The van der Waals surface area contributed by atoms with E-state index in [4.69, 9.17) is 67.2 Å². The average Bonchev–Trinajstić information content (AvgIpc) is 3.78. The quantitative estimate of drug-likeness (QED) is 0.119. The standard InChI is InChI=1S/C46H26B2Cl2N6O6/c1-24-9-3-4-10-28(24)42-39-38(44(56(42)48-61-34-13-7-8-14-35(34)62-48)40(52-2)46-54-31-20-18-27(50)22-37(31)58-46)41(25-15-16-25)55(47-59-32-11-5-6-12-33(32)60-47)43(39)29(23-51)45-53-30-19-17-26(49)21-36(30)57-45/h3-14,17-22,25H,15-16H2,1H3/b43-29-,44-40+. The average molecular weight is 851 g/mol. The topological polar surface area (TPSA) is 127 Å². The molecule has 0 atom stereocenters. The van der Waals surface area contributed by atoms with Gasteiger partial charge in [0.2, 0.25) is 11.8 Å². The van der Waals surface area contributed by atoms with Crippen molar-refractivity contribution < 1.29 is 27.5 Å². The molecule has 296 valence electrons. The van der Waals surface area contributed by atoms with E-state index in [0.29, 0.717) is 82.4 Å². The predicted molar refractivity (Wildman–Crippen MR) is 234 cm³/mol. The first-order valence-electron chi connectivity index (χ1n) is 19.7. The van der Waals surface area contributed by atoms with Crippen LogP contribution in [0.1, 0.15) is 41.8 Å². The van der Waals surface area contributed by atoms with E-state index in [1.54, 1.807) is 36.4 Å². The van der Waals surface area contributed by atoms with E-state index < -0.39 is 14.5 Å². The van der Waals surface area contributed by atoms with Crippen LogP contribution in [0.5, 0.6) is 23.0 Å². The summed E-state index contributed by atoms with van der Waals surface area (Å²) in [7, 11) is -2.21. The summed E-state index contributed by atoms with van der Waals surface area (Å²) in [5, 5.41) is 14.4. The molecule has 6 heterocycles. The maximum atomic E-state index is 11.5. The first kappa shape index (κ1) is 36.4. The van der Waals surface area contributed by atoms with E-state index in [2.05, 4.69) is 10.9 Å². The van der Waals surface area contributed by atoms with Crippen LogP contribution in [0.15, 0.2) is 118 Å². The van der Waals surface area contributed by atoms with Gasteiger partial charge in [-0.1, -0.05) is 71.7 Å². The summed E-state index contributed by atoms with van der Waals surface area (Å²) in [5.41, 5.74) is 5.03. The molecule has 62 heavy (non-hydrogen) atoms. The predicted octanol–water partition coefficient (Wildman–Crippen LogP) is 9.29. The minimum Gasteiger partial charge on any atom is -0.503 e. The highest BCUT2D eigenvalue weighted by molar-refractivity contribution is 6.49. The number of oxazole rings is 2. The minimum atomic E-state index is -1.13. The Kier molecular flexibility index (Phi) is 8.07. The lowest BCUT2D eigenvalue weighted by Gasteiger charge is -2.17. The molecule has 0 N–H and O–H groups in total. The van der Waals surface area contributed by atoms with Crippen molar-refractivity contribution in [2.45, 2.75) is 25.7 Å². The molecule has 1 aliphatic carbocycles. The van der Waals surface area contributed by atoms with Gasteiger partial charge in [-0.3, -0.25) is 0 Å². The molecule has 16 heteroatoms. The fraction of sp³-hybridized carbons (Fsp3) is 0.0870. The Labute approximate surface area is 362 Å². The van der Waals surface area contributed by atoms with Crippen LogP contribution >= 0.6 is 23.2 Å². The molecule has 12 rings (SSSR count). The minimum absolute atomic E-state index is 0.0547. The second kappa shape index (κ2) is 13.8. The van der Waals surface area contributed by atoms with Gasteiger partial charge in [-0.25, -0.2) is 14.8 Å². The number of nitriles is 1. The molecular formula is C46H26B2Cl2N6O6. The normalized spacial score (nSPS) is 15.1. The molecule has 0 unspecified atom stereocenters. The second-order valence-electron chi connectivity index (χ2n) is 15.2. The van der Waals surface area contributed by atoms with Crippen molar-refractivity contribution in [2.24, 2.45) is 0 Å². The number of hydrogen-bond acceptors (Lipinski definition) is 9. The number of aromatic nitrogens is 4. The number of halogens is 2. The summed E-state index contributed by atoms with van der Waals surface area (Å²) in [6.45, 7) is 10.9. The van der Waals surface area contributed by atoms with E-state index in [-0.39, 0.29) is 29.0 Å². The molecule has 0 spiro atoms. The zero-order valence-corrected chi connectivity index (χ0v) is 33.9. The molecule has 0 bridgehead atoms. The number of hydrogen-bond donors (Lipinski definition) is 0. The Morgan fingerprint density at radius 1 is 0.710 bits per heavy atom. The molecule has 5 aromatic carbocycles. The van der Waals surface area contributed by atoms with E-state index in [1.807, 2.05) is 88.7 Å². The molecule has 3 aliphatic rings. The van der Waals surface area contributed by atoms with Gasteiger partial charge in [0.1, 0.15) is 45.7 Å². The molecule has 0 saturated heterocycles. The fourth-order valence-electron chi connectivity index (χ4n) is 8.59. The third-order valence-corrected chi connectivity index (χ3v) is 11.9. The molecule has 1 saturated carbocycles. The van der Waals surface area contributed by atoms with Crippen molar-refractivity contribution in [1.82, 2.24) is 18.9 Å². The van der Waals surface area contributed by atoms with Crippen LogP contribution in [0.3, 0.4) is 0 Å². The summed E-state index contributed by atoms with van der Waals surface area (Å²) in [5.74, 6) is 2.17. The van der Waals surface area contributed by atoms with Gasteiger partial charge in [0, 0.05) is 44.2 Å².